The third-order valence-electron chi connectivity index (χ3n) is 4.91. The fraction of sp³-hybridized carbons (Fsp3) is 0.474. The minimum atomic E-state index is 0.172. The van der Waals surface area contributed by atoms with Crippen molar-refractivity contribution < 1.29 is 4.79 Å². The maximum atomic E-state index is 12.5. The molecule has 1 aromatic carbocycles. The van der Waals surface area contributed by atoms with Crippen LogP contribution in [-0.4, -0.2) is 51.7 Å². The summed E-state index contributed by atoms with van der Waals surface area (Å²) < 4.78 is 1.82. The van der Waals surface area contributed by atoms with E-state index in [0.717, 1.165) is 54.7 Å². The van der Waals surface area contributed by atoms with Gasteiger partial charge in [-0.25, -0.2) is 0 Å². The molecule has 2 aromatic rings. The molecule has 2 heterocycles. The SMILES string of the molecule is Cc1nn(CCC(=O)N2CCN(Cc3ccccc3Cl)CC2)c(C)c1Cl. The van der Waals surface area contributed by atoms with E-state index in [1.807, 2.05) is 41.6 Å². The van der Waals surface area contributed by atoms with Gasteiger partial charge in [-0.2, -0.15) is 5.10 Å². The Morgan fingerprint density at radius 1 is 1.12 bits per heavy atom. The van der Waals surface area contributed by atoms with Gasteiger partial charge in [0, 0.05) is 44.2 Å². The van der Waals surface area contributed by atoms with E-state index in [0.29, 0.717) is 18.0 Å². The molecule has 1 amide bonds. The topological polar surface area (TPSA) is 41.4 Å². The number of hydrogen-bond acceptors (Lipinski definition) is 3. The van der Waals surface area contributed by atoms with E-state index in [2.05, 4.69) is 16.1 Å². The summed E-state index contributed by atoms with van der Waals surface area (Å²) in [4.78, 5) is 16.8. The fourth-order valence-electron chi connectivity index (χ4n) is 3.28. The van der Waals surface area contributed by atoms with Gasteiger partial charge in [0.15, 0.2) is 0 Å². The summed E-state index contributed by atoms with van der Waals surface area (Å²) in [6.45, 7) is 8.43. The fourth-order valence-corrected chi connectivity index (χ4v) is 3.61. The van der Waals surface area contributed by atoms with Crippen molar-refractivity contribution in [3.63, 3.8) is 0 Å². The van der Waals surface area contributed by atoms with Crippen LogP contribution in [0.4, 0.5) is 0 Å². The highest BCUT2D eigenvalue weighted by Gasteiger charge is 2.22. The summed E-state index contributed by atoms with van der Waals surface area (Å²) in [5, 5.41) is 5.87. The minimum absolute atomic E-state index is 0.172. The first kappa shape index (κ1) is 19.2. The number of aromatic nitrogens is 2. The highest BCUT2D eigenvalue weighted by Crippen LogP contribution is 2.20. The predicted octanol–water partition coefficient (Wildman–Crippen LogP) is 3.54. The van der Waals surface area contributed by atoms with Crippen LogP contribution >= 0.6 is 23.2 Å². The maximum Gasteiger partial charge on any atom is 0.224 e. The molecule has 0 saturated carbocycles. The lowest BCUT2D eigenvalue weighted by atomic mass is 10.2. The lowest BCUT2D eigenvalue weighted by molar-refractivity contribution is -0.133. The van der Waals surface area contributed by atoms with Gasteiger partial charge in [0.25, 0.3) is 0 Å². The molecule has 1 aromatic heterocycles. The van der Waals surface area contributed by atoms with Crippen LogP contribution < -0.4 is 0 Å². The zero-order valence-electron chi connectivity index (χ0n) is 15.2. The normalized spacial score (nSPS) is 15.5. The van der Waals surface area contributed by atoms with Crippen LogP contribution in [0.5, 0.6) is 0 Å². The molecule has 26 heavy (non-hydrogen) atoms. The Hall–Kier alpha value is -1.56. The van der Waals surface area contributed by atoms with Gasteiger partial charge in [0.05, 0.1) is 23.0 Å². The highest BCUT2D eigenvalue weighted by molar-refractivity contribution is 6.32. The monoisotopic (exact) mass is 394 g/mol. The summed E-state index contributed by atoms with van der Waals surface area (Å²) in [7, 11) is 0. The van der Waals surface area contributed by atoms with Gasteiger partial charge in [-0.15, -0.1) is 0 Å². The van der Waals surface area contributed by atoms with Gasteiger partial charge in [-0.3, -0.25) is 14.4 Å². The highest BCUT2D eigenvalue weighted by atomic mass is 35.5. The first-order valence-corrected chi connectivity index (χ1v) is 9.64. The average Bonchev–Trinajstić information content (AvgIpc) is 2.89. The Morgan fingerprint density at radius 3 is 2.42 bits per heavy atom. The lowest BCUT2D eigenvalue weighted by Crippen LogP contribution is -2.48. The standard InChI is InChI=1S/C19H24Cl2N4O/c1-14-19(21)15(2)25(22-14)8-7-18(26)24-11-9-23(10-12-24)13-16-5-3-4-6-17(16)20/h3-6H,7-13H2,1-2H3. The second kappa shape index (κ2) is 8.42. The first-order chi connectivity index (χ1) is 12.5. The lowest BCUT2D eigenvalue weighted by Gasteiger charge is -2.35. The smallest absolute Gasteiger partial charge is 0.224 e. The average molecular weight is 395 g/mol. The zero-order valence-corrected chi connectivity index (χ0v) is 16.7. The number of carbonyl (C=O) groups excluding carboxylic acids is 1. The molecule has 1 aliphatic heterocycles. The maximum absolute atomic E-state index is 12.5. The Kier molecular flexibility index (Phi) is 6.22. The van der Waals surface area contributed by atoms with Crippen molar-refractivity contribution >= 4 is 29.1 Å². The van der Waals surface area contributed by atoms with Crippen LogP contribution in [-0.2, 0) is 17.9 Å². The van der Waals surface area contributed by atoms with E-state index in [1.165, 1.54) is 0 Å². The molecule has 0 spiro atoms. The van der Waals surface area contributed by atoms with E-state index >= 15 is 0 Å². The molecule has 140 valence electrons. The van der Waals surface area contributed by atoms with Crippen molar-refractivity contribution in [1.29, 1.82) is 0 Å². The van der Waals surface area contributed by atoms with E-state index in [1.54, 1.807) is 0 Å². The molecule has 3 rings (SSSR count). The third kappa shape index (κ3) is 4.40. The van der Waals surface area contributed by atoms with Crippen LogP contribution in [0, 0.1) is 13.8 Å². The number of benzene rings is 1. The number of piperazine rings is 1. The number of amides is 1. The third-order valence-corrected chi connectivity index (χ3v) is 5.82. The van der Waals surface area contributed by atoms with Gasteiger partial charge in [0.1, 0.15) is 0 Å². The number of nitrogens with zero attached hydrogens (tertiary/aromatic N) is 4. The molecule has 5 nitrogen and oxygen atoms in total. The second-order valence-corrected chi connectivity index (χ2v) is 7.49. The Labute approximate surface area is 164 Å². The minimum Gasteiger partial charge on any atom is -0.340 e. The van der Waals surface area contributed by atoms with Gasteiger partial charge in [0.2, 0.25) is 5.91 Å². The molecule has 1 saturated heterocycles. The van der Waals surface area contributed by atoms with Crippen LogP contribution in [0.1, 0.15) is 23.4 Å². The number of aryl methyl sites for hydroxylation is 2. The largest absolute Gasteiger partial charge is 0.340 e. The Bertz CT molecular complexity index is 782. The van der Waals surface area contributed by atoms with Crippen LogP contribution in [0.15, 0.2) is 24.3 Å². The molecule has 1 fully saturated rings. The Morgan fingerprint density at radius 2 is 1.81 bits per heavy atom. The molecular weight excluding hydrogens is 371 g/mol. The van der Waals surface area contributed by atoms with Crippen molar-refractivity contribution in [3.05, 3.63) is 51.3 Å². The van der Waals surface area contributed by atoms with Gasteiger partial charge in [-0.1, -0.05) is 41.4 Å². The molecule has 0 unspecified atom stereocenters. The van der Waals surface area contributed by atoms with E-state index in [-0.39, 0.29) is 5.91 Å². The van der Waals surface area contributed by atoms with E-state index in [9.17, 15) is 4.79 Å². The number of rotatable bonds is 5. The number of hydrogen-bond donors (Lipinski definition) is 0. The quantitative estimate of drug-likeness (QED) is 0.778. The summed E-state index contributed by atoms with van der Waals surface area (Å²) in [6.07, 6.45) is 0.447. The van der Waals surface area contributed by atoms with Crippen LogP contribution in [0.25, 0.3) is 0 Å². The summed E-state index contributed by atoms with van der Waals surface area (Å²) in [6, 6.07) is 7.92. The van der Waals surface area contributed by atoms with E-state index < -0.39 is 0 Å². The number of carbonyl (C=O) groups is 1. The molecule has 7 heteroatoms. The summed E-state index contributed by atoms with van der Waals surface area (Å²) in [5.74, 6) is 0.172. The van der Waals surface area contributed by atoms with Crippen molar-refractivity contribution in [1.82, 2.24) is 19.6 Å². The first-order valence-electron chi connectivity index (χ1n) is 8.88. The van der Waals surface area contributed by atoms with Crippen molar-refractivity contribution in [2.75, 3.05) is 26.2 Å². The second-order valence-electron chi connectivity index (χ2n) is 6.71. The van der Waals surface area contributed by atoms with Crippen molar-refractivity contribution in [2.45, 2.75) is 33.4 Å². The molecule has 0 atom stereocenters. The van der Waals surface area contributed by atoms with Crippen molar-refractivity contribution in [2.24, 2.45) is 0 Å². The van der Waals surface area contributed by atoms with E-state index in [4.69, 9.17) is 23.2 Å². The van der Waals surface area contributed by atoms with Gasteiger partial charge >= 0.3 is 0 Å². The molecule has 1 aliphatic rings. The van der Waals surface area contributed by atoms with Crippen LogP contribution in [0.3, 0.4) is 0 Å². The zero-order chi connectivity index (χ0) is 18.7. The molecular formula is C19H24Cl2N4O. The van der Waals surface area contributed by atoms with Gasteiger partial charge < -0.3 is 4.90 Å². The van der Waals surface area contributed by atoms with Crippen molar-refractivity contribution in [3.8, 4) is 0 Å². The summed E-state index contributed by atoms with van der Waals surface area (Å²) >= 11 is 12.4. The van der Waals surface area contributed by atoms with Gasteiger partial charge in [-0.05, 0) is 25.5 Å². The summed E-state index contributed by atoms with van der Waals surface area (Å²) in [5.41, 5.74) is 2.86. The molecule has 0 bridgehead atoms. The molecule has 0 radical (unpaired) electrons. The molecule has 0 aliphatic carbocycles. The predicted molar refractivity (Wildman–Crippen MR) is 105 cm³/mol. The van der Waals surface area contributed by atoms with Crippen LogP contribution in [0.2, 0.25) is 10.0 Å². The Balaban J connectivity index is 1.47. The molecule has 0 N–H and O–H groups in total. The number of halogens is 2.